The first-order chi connectivity index (χ1) is 5.06. The summed E-state index contributed by atoms with van der Waals surface area (Å²) < 4.78 is 0. The molecule has 1 atom stereocenters. The van der Waals surface area contributed by atoms with Gasteiger partial charge in [0, 0.05) is 11.5 Å². The van der Waals surface area contributed by atoms with E-state index >= 15 is 0 Å². The lowest BCUT2D eigenvalue weighted by Crippen LogP contribution is -2.42. The quantitative estimate of drug-likeness (QED) is 0.606. The van der Waals surface area contributed by atoms with E-state index in [4.69, 9.17) is 0 Å². The van der Waals surface area contributed by atoms with Gasteiger partial charge >= 0.3 is 0 Å². The summed E-state index contributed by atoms with van der Waals surface area (Å²) in [5, 5.41) is 12.9. The van der Waals surface area contributed by atoms with Crippen LogP contribution in [0.15, 0.2) is 0 Å². The third-order valence-electron chi connectivity index (χ3n) is 2.62. The van der Waals surface area contributed by atoms with Gasteiger partial charge in [0.05, 0.1) is 0 Å². The van der Waals surface area contributed by atoms with Gasteiger partial charge in [0.25, 0.3) is 0 Å². The van der Waals surface area contributed by atoms with E-state index in [1.807, 2.05) is 0 Å². The Morgan fingerprint density at radius 3 is 2.45 bits per heavy atom. The van der Waals surface area contributed by atoms with Crippen molar-refractivity contribution in [3.8, 4) is 0 Å². The average molecular weight is 157 g/mol. The van der Waals surface area contributed by atoms with Gasteiger partial charge < -0.3 is 5.11 Å². The molecule has 1 fully saturated rings. The van der Waals surface area contributed by atoms with Crippen molar-refractivity contribution in [2.75, 3.05) is 0 Å². The Hall–Kier alpha value is -0.0800. The van der Waals surface area contributed by atoms with Crippen molar-refractivity contribution in [1.29, 1.82) is 0 Å². The van der Waals surface area contributed by atoms with Crippen LogP contribution in [0.2, 0.25) is 0 Å². The number of rotatable bonds is 4. The molecule has 1 aliphatic rings. The van der Waals surface area contributed by atoms with Gasteiger partial charge in [-0.25, -0.2) is 0 Å². The zero-order chi connectivity index (χ0) is 8.48. The molecule has 2 nitrogen and oxygen atoms in total. The average Bonchev–Trinajstić information content (AvgIpc) is 2.72. The predicted octanol–water partition coefficient (Wildman–Crippen LogP) is 1.49. The fraction of sp³-hybridized carbons (Fsp3) is 1.00. The second-order valence-corrected chi connectivity index (χ2v) is 4.19. The molecule has 2 heteroatoms. The molecular formula is C9H19NO. The van der Waals surface area contributed by atoms with Crippen LogP contribution in [0.5, 0.6) is 0 Å². The summed E-state index contributed by atoms with van der Waals surface area (Å²) in [6.07, 6.45) is 3.14. The third-order valence-corrected chi connectivity index (χ3v) is 2.62. The zero-order valence-corrected chi connectivity index (χ0v) is 7.72. The Kier molecular flexibility index (Phi) is 2.55. The smallest absolute Gasteiger partial charge is 0.110 e. The van der Waals surface area contributed by atoms with E-state index in [0.717, 1.165) is 6.42 Å². The second kappa shape index (κ2) is 3.11. The van der Waals surface area contributed by atoms with Gasteiger partial charge in [-0.15, -0.1) is 0 Å². The maximum atomic E-state index is 9.68. The number of aliphatic hydroxyl groups excluding tert-OH is 1. The van der Waals surface area contributed by atoms with Gasteiger partial charge in [-0.1, -0.05) is 20.8 Å². The lowest BCUT2D eigenvalue weighted by molar-refractivity contribution is 0.0177. The second-order valence-electron chi connectivity index (χ2n) is 4.19. The Bertz CT molecular complexity index is 130. The van der Waals surface area contributed by atoms with Crippen LogP contribution < -0.4 is 5.32 Å². The first-order valence-electron chi connectivity index (χ1n) is 4.50. The highest BCUT2D eigenvalue weighted by molar-refractivity contribution is 4.85. The molecule has 0 heterocycles. The number of aliphatic hydroxyl groups is 1. The molecule has 1 unspecified atom stereocenters. The Morgan fingerprint density at radius 1 is 1.55 bits per heavy atom. The van der Waals surface area contributed by atoms with Crippen LogP contribution in [0.1, 0.15) is 40.0 Å². The molecule has 66 valence electrons. The third kappa shape index (κ3) is 2.46. The summed E-state index contributed by atoms with van der Waals surface area (Å²) in [4.78, 5) is 0. The van der Waals surface area contributed by atoms with E-state index in [1.54, 1.807) is 0 Å². The van der Waals surface area contributed by atoms with Gasteiger partial charge in [0.2, 0.25) is 0 Å². The van der Waals surface area contributed by atoms with Gasteiger partial charge in [-0.05, 0) is 19.3 Å². The predicted molar refractivity (Wildman–Crippen MR) is 46.2 cm³/mol. The van der Waals surface area contributed by atoms with Crippen LogP contribution in [-0.2, 0) is 0 Å². The Morgan fingerprint density at radius 2 is 2.09 bits per heavy atom. The summed E-state index contributed by atoms with van der Waals surface area (Å²) >= 11 is 0. The molecule has 0 radical (unpaired) electrons. The normalized spacial score (nSPS) is 21.8. The fourth-order valence-electron chi connectivity index (χ4n) is 0.892. The van der Waals surface area contributed by atoms with Crippen molar-refractivity contribution in [2.24, 2.45) is 5.41 Å². The molecule has 11 heavy (non-hydrogen) atoms. The van der Waals surface area contributed by atoms with Crippen molar-refractivity contribution in [1.82, 2.24) is 5.32 Å². The molecule has 0 saturated heterocycles. The van der Waals surface area contributed by atoms with Gasteiger partial charge in [0.1, 0.15) is 6.23 Å². The van der Waals surface area contributed by atoms with Crippen molar-refractivity contribution in [3.63, 3.8) is 0 Å². The van der Waals surface area contributed by atoms with Gasteiger partial charge in [-0.3, -0.25) is 5.32 Å². The molecule has 1 rings (SSSR count). The standard InChI is InChI=1S/C9H19NO/c1-4-9(2,3)8(11)10-7-5-6-7/h7-8,10-11H,4-6H2,1-3H3. The minimum Gasteiger partial charge on any atom is -0.378 e. The van der Waals surface area contributed by atoms with Crippen LogP contribution in [0, 0.1) is 5.41 Å². The topological polar surface area (TPSA) is 32.3 Å². The van der Waals surface area contributed by atoms with E-state index in [9.17, 15) is 5.11 Å². The van der Waals surface area contributed by atoms with Crippen LogP contribution >= 0.6 is 0 Å². The molecule has 0 aromatic heterocycles. The minimum atomic E-state index is -0.333. The van der Waals surface area contributed by atoms with E-state index in [2.05, 4.69) is 26.1 Å². The lowest BCUT2D eigenvalue weighted by atomic mass is 9.88. The Labute approximate surface area is 69.0 Å². The van der Waals surface area contributed by atoms with E-state index in [0.29, 0.717) is 6.04 Å². The van der Waals surface area contributed by atoms with Crippen LogP contribution in [-0.4, -0.2) is 17.4 Å². The molecule has 0 spiro atoms. The highest BCUT2D eigenvalue weighted by atomic mass is 16.3. The van der Waals surface area contributed by atoms with Crippen molar-refractivity contribution in [3.05, 3.63) is 0 Å². The van der Waals surface area contributed by atoms with Crippen molar-refractivity contribution >= 4 is 0 Å². The Balaban J connectivity index is 2.31. The van der Waals surface area contributed by atoms with Crippen molar-refractivity contribution in [2.45, 2.75) is 52.3 Å². The maximum Gasteiger partial charge on any atom is 0.110 e. The number of hydrogen-bond acceptors (Lipinski definition) is 2. The van der Waals surface area contributed by atoms with Crippen LogP contribution in [0.3, 0.4) is 0 Å². The summed E-state index contributed by atoms with van der Waals surface area (Å²) in [6, 6.07) is 0.593. The molecule has 0 aliphatic heterocycles. The summed E-state index contributed by atoms with van der Waals surface area (Å²) in [7, 11) is 0. The summed E-state index contributed by atoms with van der Waals surface area (Å²) in [6.45, 7) is 6.29. The minimum absolute atomic E-state index is 0.0165. The highest BCUT2D eigenvalue weighted by Crippen LogP contribution is 2.27. The molecule has 0 amide bonds. The van der Waals surface area contributed by atoms with E-state index in [1.165, 1.54) is 12.8 Å². The van der Waals surface area contributed by atoms with Crippen LogP contribution in [0.4, 0.5) is 0 Å². The molecule has 0 aromatic carbocycles. The largest absolute Gasteiger partial charge is 0.378 e. The lowest BCUT2D eigenvalue weighted by Gasteiger charge is -2.29. The molecule has 0 aromatic rings. The number of hydrogen-bond donors (Lipinski definition) is 2. The number of nitrogens with one attached hydrogen (secondary N) is 1. The first kappa shape index (κ1) is 9.01. The molecule has 2 N–H and O–H groups in total. The zero-order valence-electron chi connectivity index (χ0n) is 7.72. The summed E-state index contributed by atoms with van der Waals surface area (Å²) in [5.74, 6) is 0. The molecular weight excluding hydrogens is 138 g/mol. The molecule has 0 bridgehead atoms. The van der Waals surface area contributed by atoms with E-state index in [-0.39, 0.29) is 11.6 Å². The van der Waals surface area contributed by atoms with Crippen LogP contribution in [0.25, 0.3) is 0 Å². The molecule has 1 saturated carbocycles. The van der Waals surface area contributed by atoms with E-state index < -0.39 is 0 Å². The fourth-order valence-corrected chi connectivity index (χ4v) is 0.892. The van der Waals surface area contributed by atoms with Gasteiger partial charge in [0.15, 0.2) is 0 Å². The maximum absolute atomic E-state index is 9.68. The highest BCUT2D eigenvalue weighted by Gasteiger charge is 2.31. The summed E-state index contributed by atoms with van der Waals surface area (Å²) in [5.41, 5.74) is 0.0165. The monoisotopic (exact) mass is 157 g/mol. The van der Waals surface area contributed by atoms with Crippen molar-refractivity contribution < 1.29 is 5.11 Å². The van der Waals surface area contributed by atoms with Gasteiger partial charge in [-0.2, -0.15) is 0 Å². The molecule has 1 aliphatic carbocycles. The first-order valence-corrected chi connectivity index (χ1v) is 4.50. The SMILES string of the molecule is CCC(C)(C)C(O)NC1CC1.